The number of hydrazine groups is 1. The van der Waals surface area contributed by atoms with Crippen molar-refractivity contribution in [2.24, 2.45) is 11.6 Å². The lowest BCUT2D eigenvalue weighted by Crippen LogP contribution is -2.34. The maximum Gasteiger partial charge on any atom is 0.434 e. The van der Waals surface area contributed by atoms with Crippen molar-refractivity contribution in [3.8, 4) is 11.4 Å². The molecule has 6 nitrogen and oxygen atoms in total. The van der Waals surface area contributed by atoms with Crippen molar-refractivity contribution in [3.63, 3.8) is 0 Å². The largest absolute Gasteiger partial charge is 0.434 e. The average molecular weight is 316 g/mol. The van der Waals surface area contributed by atoms with E-state index in [1.165, 1.54) is 28.6 Å². The van der Waals surface area contributed by atoms with E-state index >= 15 is 0 Å². The molecule has 0 amide bonds. The van der Waals surface area contributed by atoms with Crippen molar-refractivity contribution in [2.75, 3.05) is 0 Å². The molecule has 2 aromatic heterocycles. The Morgan fingerprint density at radius 2 is 2.00 bits per heavy atom. The zero-order chi connectivity index (χ0) is 15.6. The molecule has 5 N–H and O–H groups in total. The molecule has 0 aliphatic heterocycles. The lowest BCUT2D eigenvalue weighted by Gasteiger charge is -2.14. The standard InChI is InChI=1S/C11H11F3N6S/c12-11(13,14)10(19-16)9(15)6-1-2-17-7(3-6)8-4-20(21)5-18-8/h1-5,19,21H,15-16H2/b10-9-. The molecule has 0 radical (unpaired) electrons. The van der Waals surface area contributed by atoms with Crippen molar-refractivity contribution in [1.29, 1.82) is 0 Å². The molecule has 0 saturated carbocycles. The van der Waals surface area contributed by atoms with Gasteiger partial charge in [-0.05, 0) is 12.1 Å². The van der Waals surface area contributed by atoms with Gasteiger partial charge in [-0.25, -0.2) is 4.98 Å². The van der Waals surface area contributed by atoms with Gasteiger partial charge in [-0.3, -0.25) is 14.8 Å². The highest BCUT2D eigenvalue weighted by Gasteiger charge is 2.36. The monoisotopic (exact) mass is 316 g/mol. The minimum Gasteiger partial charge on any atom is -0.397 e. The number of imidazole rings is 1. The Hall–Kier alpha value is -2.20. The fourth-order valence-electron chi connectivity index (χ4n) is 1.64. The van der Waals surface area contributed by atoms with E-state index in [1.807, 2.05) is 0 Å². The van der Waals surface area contributed by atoms with E-state index in [9.17, 15) is 13.2 Å². The van der Waals surface area contributed by atoms with Crippen molar-refractivity contribution >= 4 is 18.5 Å². The van der Waals surface area contributed by atoms with Gasteiger partial charge in [0.15, 0.2) is 5.70 Å². The first kappa shape index (κ1) is 15.2. The molecular formula is C11H11F3N6S. The molecule has 0 unspecified atom stereocenters. The maximum atomic E-state index is 12.8. The summed E-state index contributed by atoms with van der Waals surface area (Å²) in [6.07, 6.45) is -0.371. The van der Waals surface area contributed by atoms with E-state index in [1.54, 1.807) is 11.6 Å². The van der Waals surface area contributed by atoms with E-state index in [0.29, 0.717) is 11.4 Å². The van der Waals surface area contributed by atoms with Crippen LogP contribution in [-0.4, -0.2) is 20.1 Å². The second-order valence-electron chi connectivity index (χ2n) is 4.00. The number of hydrogen-bond acceptors (Lipinski definition) is 6. The maximum absolute atomic E-state index is 12.8. The van der Waals surface area contributed by atoms with Gasteiger partial charge in [-0.15, -0.1) is 0 Å². The van der Waals surface area contributed by atoms with Gasteiger partial charge in [0.1, 0.15) is 12.0 Å². The fourth-order valence-corrected chi connectivity index (χ4v) is 1.80. The third-order valence-corrected chi connectivity index (χ3v) is 2.82. The van der Waals surface area contributed by atoms with Gasteiger partial charge in [0.25, 0.3) is 0 Å². The van der Waals surface area contributed by atoms with Gasteiger partial charge < -0.3 is 11.2 Å². The summed E-state index contributed by atoms with van der Waals surface area (Å²) in [4.78, 5) is 8.04. The molecular weight excluding hydrogens is 305 g/mol. The number of thiol groups is 1. The third kappa shape index (κ3) is 3.28. The molecule has 0 atom stereocenters. The molecule has 0 spiro atoms. The zero-order valence-electron chi connectivity index (χ0n) is 10.5. The highest BCUT2D eigenvalue weighted by Crippen LogP contribution is 2.28. The number of nitrogens with two attached hydrogens (primary N) is 2. The minimum atomic E-state index is -4.69. The Bertz CT molecular complexity index is 679. The van der Waals surface area contributed by atoms with Crippen LogP contribution in [0.3, 0.4) is 0 Å². The summed E-state index contributed by atoms with van der Waals surface area (Å²) >= 11 is 4.02. The molecule has 0 fully saturated rings. The zero-order valence-corrected chi connectivity index (χ0v) is 11.4. The van der Waals surface area contributed by atoms with Crippen LogP contribution in [0.15, 0.2) is 36.6 Å². The molecule has 0 saturated heterocycles. The van der Waals surface area contributed by atoms with Crippen LogP contribution in [0.1, 0.15) is 5.56 Å². The summed E-state index contributed by atoms with van der Waals surface area (Å²) in [5, 5.41) is 0. The van der Waals surface area contributed by atoms with Crippen molar-refractivity contribution < 1.29 is 13.2 Å². The molecule has 0 aliphatic carbocycles. The first-order chi connectivity index (χ1) is 9.82. The van der Waals surface area contributed by atoms with Crippen molar-refractivity contribution in [2.45, 2.75) is 6.18 Å². The second-order valence-corrected chi connectivity index (χ2v) is 4.46. The minimum absolute atomic E-state index is 0.124. The summed E-state index contributed by atoms with van der Waals surface area (Å²) in [5.74, 6) is 4.90. The molecule has 2 aromatic rings. The Morgan fingerprint density at radius 1 is 1.29 bits per heavy atom. The first-order valence-corrected chi connectivity index (χ1v) is 5.96. The van der Waals surface area contributed by atoms with Gasteiger partial charge in [0.2, 0.25) is 0 Å². The van der Waals surface area contributed by atoms with Crippen LogP contribution >= 0.6 is 12.8 Å². The van der Waals surface area contributed by atoms with E-state index < -0.39 is 17.6 Å². The molecule has 10 heteroatoms. The van der Waals surface area contributed by atoms with Gasteiger partial charge in [0, 0.05) is 18.0 Å². The SMILES string of the molecule is NN/C(=C(\N)c1ccnc(-c2cn(S)cn2)c1)C(F)(F)F. The number of nitrogens with one attached hydrogen (secondary N) is 1. The summed E-state index contributed by atoms with van der Waals surface area (Å²) < 4.78 is 39.7. The predicted molar refractivity (Wildman–Crippen MR) is 74.3 cm³/mol. The second kappa shape index (κ2) is 5.66. The number of nitrogens with zero attached hydrogens (tertiary/aromatic N) is 3. The van der Waals surface area contributed by atoms with Gasteiger partial charge >= 0.3 is 6.18 Å². The Kier molecular flexibility index (Phi) is 4.09. The number of pyridine rings is 1. The van der Waals surface area contributed by atoms with E-state index in [2.05, 4.69) is 22.8 Å². The van der Waals surface area contributed by atoms with E-state index in [0.717, 1.165) is 0 Å². The Morgan fingerprint density at radius 3 is 2.52 bits per heavy atom. The highest BCUT2D eigenvalue weighted by molar-refractivity contribution is 7.78. The number of alkyl halides is 3. The molecule has 21 heavy (non-hydrogen) atoms. The van der Waals surface area contributed by atoms with Crippen molar-refractivity contribution in [1.82, 2.24) is 19.4 Å². The number of rotatable bonds is 3. The van der Waals surface area contributed by atoms with Crippen LogP contribution < -0.4 is 17.0 Å². The topological polar surface area (TPSA) is 94.8 Å². The fraction of sp³-hybridized carbons (Fsp3) is 0.0909. The molecule has 112 valence electrons. The summed E-state index contributed by atoms with van der Waals surface area (Å²) in [6, 6.07) is 2.73. The quantitative estimate of drug-likeness (QED) is 0.389. The molecule has 0 aliphatic rings. The van der Waals surface area contributed by atoms with Crippen LogP contribution in [0.25, 0.3) is 17.1 Å². The van der Waals surface area contributed by atoms with Crippen LogP contribution in [0.2, 0.25) is 0 Å². The molecule has 2 heterocycles. The van der Waals surface area contributed by atoms with Gasteiger partial charge in [0.05, 0.1) is 11.4 Å². The number of aromatic nitrogens is 3. The van der Waals surface area contributed by atoms with Crippen LogP contribution in [0.5, 0.6) is 0 Å². The lowest BCUT2D eigenvalue weighted by atomic mass is 10.1. The summed E-state index contributed by atoms with van der Waals surface area (Å²) in [6.45, 7) is 0. The van der Waals surface area contributed by atoms with Gasteiger partial charge in [-0.2, -0.15) is 13.2 Å². The number of hydrogen-bond donors (Lipinski definition) is 4. The number of allylic oxidation sites excluding steroid dienone is 1. The van der Waals surface area contributed by atoms with Gasteiger partial charge in [-0.1, -0.05) is 12.8 Å². The van der Waals surface area contributed by atoms with Crippen molar-refractivity contribution in [3.05, 3.63) is 42.1 Å². The van der Waals surface area contributed by atoms with E-state index in [4.69, 9.17) is 11.6 Å². The highest BCUT2D eigenvalue weighted by atomic mass is 32.1. The Balaban J connectivity index is 2.48. The first-order valence-electron chi connectivity index (χ1n) is 5.56. The molecule has 2 rings (SSSR count). The average Bonchev–Trinajstić information content (AvgIpc) is 2.85. The third-order valence-electron chi connectivity index (χ3n) is 2.60. The van der Waals surface area contributed by atoms with E-state index in [-0.39, 0.29) is 5.56 Å². The predicted octanol–water partition coefficient (Wildman–Crippen LogP) is 1.29. The molecule has 0 aromatic carbocycles. The summed E-state index contributed by atoms with van der Waals surface area (Å²) in [5.41, 5.74) is 6.31. The van der Waals surface area contributed by atoms with Crippen LogP contribution in [-0.2, 0) is 0 Å². The number of halogens is 3. The van der Waals surface area contributed by atoms with Crippen LogP contribution in [0.4, 0.5) is 13.2 Å². The summed E-state index contributed by atoms with van der Waals surface area (Å²) in [7, 11) is 0. The van der Waals surface area contributed by atoms with Crippen LogP contribution in [0, 0.1) is 0 Å². The Labute approximate surface area is 123 Å². The lowest BCUT2D eigenvalue weighted by molar-refractivity contribution is -0.0961. The molecule has 0 bridgehead atoms. The normalized spacial score (nSPS) is 13.0. The smallest absolute Gasteiger partial charge is 0.397 e.